The van der Waals surface area contributed by atoms with Crippen molar-refractivity contribution >= 4 is 23.7 Å². The first-order valence-electron chi connectivity index (χ1n) is 7.08. The number of nitrogens with zero attached hydrogens (tertiary/aromatic N) is 4. The summed E-state index contributed by atoms with van der Waals surface area (Å²) in [6.07, 6.45) is 4.87. The molecule has 3 heterocycles. The minimum atomic E-state index is 0. The maximum absolute atomic E-state index is 5.29. The van der Waals surface area contributed by atoms with Crippen LogP contribution in [0.25, 0.3) is 10.6 Å². The summed E-state index contributed by atoms with van der Waals surface area (Å²) in [6.45, 7) is 2.08. The number of pyridine rings is 1. The highest BCUT2D eigenvalue weighted by Crippen LogP contribution is 2.23. The number of nitrogens with one attached hydrogen (secondary N) is 1. The smallest absolute Gasteiger partial charge is 0.232 e. The molecule has 0 saturated carbocycles. The van der Waals surface area contributed by atoms with E-state index in [-0.39, 0.29) is 12.4 Å². The Kier molecular flexibility index (Phi) is 6.20. The monoisotopic (exact) mass is 351 g/mol. The van der Waals surface area contributed by atoms with Gasteiger partial charge in [-0.1, -0.05) is 5.16 Å². The Hall–Kier alpha value is -1.83. The zero-order valence-electron chi connectivity index (χ0n) is 12.9. The summed E-state index contributed by atoms with van der Waals surface area (Å²) >= 11 is 1.59. The summed E-state index contributed by atoms with van der Waals surface area (Å²) in [6, 6.07) is 4.23. The summed E-state index contributed by atoms with van der Waals surface area (Å²) in [4.78, 5) is 13.1. The van der Waals surface area contributed by atoms with Gasteiger partial charge >= 0.3 is 0 Å². The first kappa shape index (κ1) is 17.5. The first-order valence-corrected chi connectivity index (χ1v) is 7.96. The van der Waals surface area contributed by atoms with Gasteiger partial charge in [0.05, 0.1) is 12.1 Å². The number of rotatable bonds is 6. The highest BCUT2D eigenvalue weighted by molar-refractivity contribution is 7.13. The zero-order chi connectivity index (χ0) is 15.4. The molecular formula is C15H18ClN5OS. The molecule has 0 aliphatic rings. The molecule has 3 aromatic heterocycles. The van der Waals surface area contributed by atoms with Crippen molar-refractivity contribution < 1.29 is 4.52 Å². The predicted molar refractivity (Wildman–Crippen MR) is 91.9 cm³/mol. The zero-order valence-corrected chi connectivity index (χ0v) is 14.5. The molecule has 0 radical (unpaired) electrons. The van der Waals surface area contributed by atoms with Crippen LogP contribution in [0.4, 0.5) is 0 Å². The van der Waals surface area contributed by atoms with Gasteiger partial charge in [0.25, 0.3) is 0 Å². The van der Waals surface area contributed by atoms with Crippen LogP contribution in [0.1, 0.15) is 24.3 Å². The third kappa shape index (κ3) is 4.57. The van der Waals surface area contributed by atoms with Gasteiger partial charge in [0.1, 0.15) is 5.01 Å². The standard InChI is InChI=1S/C15H17N5OS.ClH/c1-10(16-2)6-13-19-14(21-20-13)7-12-9-22-15(18-12)11-4-3-5-17-8-11;/h3-5,8-10,16H,6-7H2,1-2H3;1H. The molecule has 1 atom stereocenters. The third-order valence-electron chi connectivity index (χ3n) is 3.28. The number of halogens is 1. The third-order valence-corrected chi connectivity index (χ3v) is 4.22. The van der Waals surface area contributed by atoms with E-state index in [2.05, 4.69) is 32.3 Å². The van der Waals surface area contributed by atoms with Gasteiger partial charge in [-0.2, -0.15) is 4.98 Å². The van der Waals surface area contributed by atoms with Gasteiger partial charge in [-0.25, -0.2) is 4.98 Å². The summed E-state index contributed by atoms with van der Waals surface area (Å²) in [5.41, 5.74) is 1.95. The molecule has 1 unspecified atom stereocenters. The Balaban J connectivity index is 0.00000192. The van der Waals surface area contributed by atoms with Crippen molar-refractivity contribution in [2.75, 3.05) is 7.05 Å². The van der Waals surface area contributed by atoms with Crippen molar-refractivity contribution in [3.8, 4) is 10.6 Å². The second-order valence-electron chi connectivity index (χ2n) is 5.06. The van der Waals surface area contributed by atoms with E-state index >= 15 is 0 Å². The van der Waals surface area contributed by atoms with Crippen molar-refractivity contribution in [3.05, 3.63) is 47.3 Å². The van der Waals surface area contributed by atoms with E-state index in [0.29, 0.717) is 18.4 Å². The lowest BCUT2D eigenvalue weighted by molar-refractivity contribution is 0.376. The lowest BCUT2D eigenvalue weighted by Crippen LogP contribution is -2.24. The maximum atomic E-state index is 5.29. The van der Waals surface area contributed by atoms with Crippen LogP contribution in [-0.2, 0) is 12.8 Å². The number of aromatic nitrogens is 4. The fourth-order valence-corrected chi connectivity index (χ4v) is 2.80. The number of hydrogen-bond donors (Lipinski definition) is 1. The minimum Gasteiger partial charge on any atom is -0.339 e. The molecule has 0 aliphatic heterocycles. The lowest BCUT2D eigenvalue weighted by atomic mass is 10.2. The van der Waals surface area contributed by atoms with E-state index in [1.165, 1.54) is 0 Å². The van der Waals surface area contributed by atoms with Gasteiger partial charge in [-0.05, 0) is 26.1 Å². The Bertz CT molecular complexity index is 730. The Morgan fingerprint density at radius 1 is 1.35 bits per heavy atom. The molecular weight excluding hydrogens is 334 g/mol. The molecule has 6 nitrogen and oxygen atoms in total. The minimum absolute atomic E-state index is 0. The average Bonchev–Trinajstić information content (AvgIpc) is 3.18. The molecule has 0 bridgehead atoms. The van der Waals surface area contributed by atoms with E-state index in [1.54, 1.807) is 17.5 Å². The van der Waals surface area contributed by atoms with E-state index in [4.69, 9.17) is 4.52 Å². The predicted octanol–water partition coefficient (Wildman–Crippen LogP) is 2.75. The molecule has 122 valence electrons. The summed E-state index contributed by atoms with van der Waals surface area (Å²) < 4.78 is 5.29. The van der Waals surface area contributed by atoms with E-state index in [0.717, 1.165) is 28.5 Å². The van der Waals surface area contributed by atoms with Crippen LogP contribution in [-0.4, -0.2) is 33.2 Å². The van der Waals surface area contributed by atoms with Crippen LogP contribution in [0.3, 0.4) is 0 Å². The SMILES string of the molecule is CNC(C)Cc1noc(Cc2csc(-c3cccnc3)n2)n1.Cl. The highest BCUT2D eigenvalue weighted by atomic mass is 35.5. The molecule has 0 fully saturated rings. The molecule has 3 aromatic rings. The van der Waals surface area contributed by atoms with Gasteiger partial charge in [0.15, 0.2) is 5.82 Å². The van der Waals surface area contributed by atoms with Crippen molar-refractivity contribution in [1.82, 2.24) is 25.4 Å². The van der Waals surface area contributed by atoms with Gasteiger partial charge in [0, 0.05) is 35.8 Å². The number of likely N-dealkylation sites (N-methyl/N-ethyl adjacent to an activating group) is 1. The van der Waals surface area contributed by atoms with Gasteiger partial charge in [0.2, 0.25) is 5.89 Å². The summed E-state index contributed by atoms with van der Waals surface area (Å²) in [5, 5.41) is 10.1. The summed E-state index contributed by atoms with van der Waals surface area (Å²) in [5.74, 6) is 1.32. The molecule has 0 aliphatic carbocycles. The summed E-state index contributed by atoms with van der Waals surface area (Å²) in [7, 11) is 1.92. The first-order chi connectivity index (χ1) is 10.7. The van der Waals surface area contributed by atoms with Crippen LogP contribution in [0, 0.1) is 0 Å². The van der Waals surface area contributed by atoms with E-state index in [1.807, 2.05) is 30.8 Å². The van der Waals surface area contributed by atoms with E-state index < -0.39 is 0 Å². The topological polar surface area (TPSA) is 76.7 Å². The number of thiazole rings is 1. The molecule has 0 spiro atoms. The molecule has 0 amide bonds. The number of hydrogen-bond acceptors (Lipinski definition) is 7. The molecule has 0 saturated heterocycles. The van der Waals surface area contributed by atoms with Crippen molar-refractivity contribution in [3.63, 3.8) is 0 Å². The van der Waals surface area contributed by atoms with Crippen molar-refractivity contribution in [2.24, 2.45) is 0 Å². The van der Waals surface area contributed by atoms with Gasteiger partial charge in [-0.3, -0.25) is 4.98 Å². The van der Waals surface area contributed by atoms with Crippen molar-refractivity contribution in [2.45, 2.75) is 25.8 Å². The van der Waals surface area contributed by atoms with Crippen LogP contribution < -0.4 is 5.32 Å². The molecule has 0 aromatic carbocycles. The largest absolute Gasteiger partial charge is 0.339 e. The van der Waals surface area contributed by atoms with Crippen LogP contribution in [0.2, 0.25) is 0 Å². The Morgan fingerprint density at radius 3 is 2.96 bits per heavy atom. The Labute approximate surface area is 144 Å². The average molecular weight is 352 g/mol. The van der Waals surface area contributed by atoms with Gasteiger partial charge < -0.3 is 9.84 Å². The fourth-order valence-electron chi connectivity index (χ4n) is 1.99. The van der Waals surface area contributed by atoms with Gasteiger partial charge in [-0.15, -0.1) is 23.7 Å². The van der Waals surface area contributed by atoms with Crippen molar-refractivity contribution in [1.29, 1.82) is 0 Å². The molecule has 8 heteroatoms. The maximum Gasteiger partial charge on any atom is 0.232 e. The van der Waals surface area contributed by atoms with E-state index in [9.17, 15) is 0 Å². The highest BCUT2D eigenvalue weighted by Gasteiger charge is 2.12. The molecule has 3 rings (SSSR count). The second kappa shape index (κ2) is 8.14. The Morgan fingerprint density at radius 2 is 2.22 bits per heavy atom. The van der Waals surface area contributed by atoms with Crippen LogP contribution in [0.15, 0.2) is 34.4 Å². The lowest BCUT2D eigenvalue weighted by Gasteiger charge is -2.04. The van der Waals surface area contributed by atoms with Crippen LogP contribution in [0.5, 0.6) is 0 Å². The fraction of sp³-hybridized carbons (Fsp3) is 0.333. The second-order valence-corrected chi connectivity index (χ2v) is 5.92. The quantitative estimate of drug-likeness (QED) is 0.735. The normalized spacial score (nSPS) is 11.9. The molecule has 1 N–H and O–H groups in total. The molecule has 23 heavy (non-hydrogen) atoms. The van der Waals surface area contributed by atoms with Crippen LogP contribution >= 0.6 is 23.7 Å².